The maximum atomic E-state index is 6.19. The second-order valence-electron chi connectivity index (χ2n) is 5.11. The van der Waals surface area contributed by atoms with Crippen molar-refractivity contribution in [2.75, 3.05) is 13.1 Å². The van der Waals surface area contributed by atoms with Crippen LogP contribution in [0.5, 0.6) is 0 Å². The summed E-state index contributed by atoms with van der Waals surface area (Å²) < 4.78 is 0. The van der Waals surface area contributed by atoms with Gasteiger partial charge in [-0.2, -0.15) is 0 Å². The van der Waals surface area contributed by atoms with Gasteiger partial charge in [-0.25, -0.2) is 0 Å². The molecular weight excluding hydrogens is 216 g/mol. The number of hydrogen-bond acceptors (Lipinski definition) is 3. The van der Waals surface area contributed by atoms with E-state index in [4.69, 9.17) is 5.73 Å². The minimum atomic E-state index is 0.373. The highest BCUT2D eigenvalue weighted by atomic mass is 32.1. The zero-order valence-electron chi connectivity index (χ0n) is 9.69. The lowest BCUT2D eigenvalue weighted by Gasteiger charge is -2.38. The maximum Gasteiger partial charge on any atom is 0.0373 e. The molecule has 2 nitrogen and oxygen atoms in total. The Labute approximate surface area is 101 Å². The summed E-state index contributed by atoms with van der Waals surface area (Å²) in [5.74, 6) is 0. The molecule has 0 radical (unpaired) electrons. The molecule has 1 saturated heterocycles. The van der Waals surface area contributed by atoms with E-state index in [1.165, 1.54) is 37.2 Å². The van der Waals surface area contributed by atoms with Crippen LogP contribution in [0, 0.1) is 0 Å². The third-order valence-electron chi connectivity index (χ3n) is 3.94. The summed E-state index contributed by atoms with van der Waals surface area (Å²) in [6.07, 6.45) is 6.39. The van der Waals surface area contributed by atoms with E-state index in [1.807, 2.05) is 11.3 Å². The molecule has 2 aliphatic rings. The summed E-state index contributed by atoms with van der Waals surface area (Å²) in [7, 11) is 0. The monoisotopic (exact) mass is 236 g/mol. The standard InChI is InChI=1S/C13H20N2S/c14-10-8-12(15-5-2-1-3-6-15)11-4-7-16-13(11)9-10/h4,7,10,12H,1-3,5-6,8-9,14H2. The third-order valence-corrected chi connectivity index (χ3v) is 4.90. The predicted molar refractivity (Wildman–Crippen MR) is 68.8 cm³/mol. The van der Waals surface area contributed by atoms with Crippen molar-refractivity contribution in [2.45, 2.75) is 44.2 Å². The molecule has 0 amide bonds. The Kier molecular flexibility index (Phi) is 3.01. The fraction of sp³-hybridized carbons (Fsp3) is 0.692. The quantitative estimate of drug-likeness (QED) is 0.812. The van der Waals surface area contributed by atoms with Crippen LogP contribution in [0.15, 0.2) is 11.4 Å². The van der Waals surface area contributed by atoms with E-state index in [2.05, 4.69) is 16.3 Å². The van der Waals surface area contributed by atoms with E-state index >= 15 is 0 Å². The van der Waals surface area contributed by atoms with Gasteiger partial charge >= 0.3 is 0 Å². The van der Waals surface area contributed by atoms with Crippen LogP contribution in [0.3, 0.4) is 0 Å². The highest BCUT2D eigenvalue weighted by Crippen LogP contribution is 2.37. The van der Waals surface area contributed by atoms with Crippen molar-refractivity contribution in [1.82, 2.24) is 4.90 Å². The summed E-state index contributed by atoms with van der Waals surface area (Å²) in [5.41, 5.74) is 7.76. The van der Waals surface area contributed by atoms with Crippen molar-refractivity contribution >= 4 is 11.3 Å². The molecule has 16 heavy (non-hydrogen) atoms. The Bertz CT molecular complexity index is 355. The molecule has 1 aliphatic carbocycles. The van der Waals surface area contributed by atoms with Gasteiger partial charge in [-0.15, -0.1) is 11.3 Å². The maximum absolute atomic E-state index is 6.19. The first-order chi connectivity index (χ1) is 7.84. The SMILES string of the molecule is NC1Cc2sccc2C(N2CCCCC2)C1. The van der Waals surface area contributed by atoms with Crippen molar-refractivity contribution in [3.63, 3.8) is 0 Å². The van der Waals surface area contributed by atoms with Crippen molar-refractivity contribution in [2.24, 2.45) is 5.73 Å². The number of thiophene rings is 1. The summed E-state index contributed by atoms with van der Waals surface area (Å²) in [5, 5.41) is 2.24. The topological polar surface area (TPSA) is 29.3 Å². The number of nitrogens with two attached hydrogens (primary N) is 1. The Morgan fingerprint density at radius 2 is 2.06 bits per heavy atom. The van der Waals surface area contributed by atoms with Crippen LogP contribution in [0.4, 0.5) is 0 Å². The number of rotatable bonds is 1. The van der Waals surface area contributed by atoms with Crippen molar-refractivity contribution < 1.29 is 0 Å². The third kappa shape index (κ3) is 1.92. The number of hydrogen-bond donors (Lipinski definition) is 1. The lowest BCUT2D eigenvalue weighted by atomic mass is 9.88. The van der Waals surface area contributed by atoms with E-state index in [0.717, 1.165) is 12.8 Å². The van der Waals surface area contributed by atoms with Gasteiger partial charge in [0.25, 0.3) is 0 Å². The molecule has 1 aliphatic heterocycles. The molecule has 2 unspecified atom stereocenters. The van der Waals surface area contributed by atoms with Crippen LogP contribution in [-0.4, -0.2) is 24.0 Å². The number of likely N-dealkylation sites (tertiary alicyclic amines) is 1. The Morgan fingerprint density at radius 1 is 1.25 bits per heavy atom. The van der Waals surface area contributed by atoms with Gasteiger partial charge in [-0.1, -0.05) is 6.42 Å². The lowest BCUT2D eigenvalue weighted by Crippen LogP contribution is -2.40. The van der Waals surface area contributed by atoms with Crippen LogP contribution < -0.4 is 5.73 Å². The minimum absolute atomic E-state index is 0.373. The molecule has 0 spiro atoms. The fourth-order valence-corrected chi connectivity index (χ4v) is 4.15. The van der Waals surface area contributed by atoms with Crippen LogP contribution in [0.2, 0.25) is 0 Å². The molecule has 2 heterocycles. The molecule has 0 aromatic carbocycles. The van der Waals surface area contributed by atoms with Crippen molar-refractivity contribution in [3.8, 4) is 0 Å². The van der Waals surface area contributed by atoms with Gasteiger partial charge in [-0.3, -0.25) is 4.90 Å². The highest BCUT2D eigenvalue weighted by Gasteiger charge is 2.30. The van der Waals surface area contributed by atoms with E-state index in [0.29, 0.717) is 12.1 Å². The smallest absolute Gasteiger partial charge is 0.0373 e. The first kappa shape index (κ1) is 10.8. The zero-order valence-corrected chi connectivity index (χ0v) is 10.5. The fourth-order valence-electron chi connectivity index (χ4n) is 3.12. The van der Waals surface area contributed by atoms with Gasteiger partial charge in [0.15, 0.2) is 0 Å². The normalized spacial score (nSPS) is 31.3. The molecule has 0 saturated carbocycles. The van der Waals surface area contributed by atoms with E-state index in [-0.39, 0.29) is 0 Å². The van der Waals surface area contributed by atoms with Gasteiger partial charge < -0.3 is 5.73 Å². The van der Waals surface area contributed by atoms with Crippen molar-refractivity contribution in [1.29, 1.82) is 0 Å². The van der Waals surface area contributed by atoms with Crippen LogP contribution in [0.1, 0.15) is 42.2 Å². The second-order valence-corrected chi connectivity index (χ2v) is 6.11. The van der Waals surface area contributed by atoms with Crippen molar-refractivity contribution in [3.05, 3.63) is 21.9 Å². The average Bonchev–Trinajstić information content (AvgIpc) is 2.77. The summed E-state index contributed by atoms with van der Waals surface area (Å²) >= 11 is 1.89. The zero-order chi connectivity index (χ0) is 11.0. The first-order valence-electron chi connectivity index (χ1n) is 6.40. The summed E-state index contributed by atoms with van der Waals surface area (Å²) in [6, 6.07) is 3.31. The van der Waals surface area contributed by atoms with Gasteiger partial charge in [0.05, 0.1) is 0 Å². The molecule has 1 aromatic heterocycles. The van der Waals surface area contributed by atoms with Gasteiger partial charge in [0, 0.05) is 17.0 Å². The molecule has 0 bridgehead atoms. The Hall–Kier alpha value is -0.380. The highest BCUT2D eigenvalue weighted by molar-refractivity contribution is 7.10. The molecule has 2 N–H and O–H groups in total. The summed E-state index contributed by atoms with van der Waals surface area (Å²) in [6.45, 7) is 2.54. The van der Waals surface area contributed by atoms with Gasteiger partial charge in [0.2, 0.25) is 0 Å². The molecule has 1 aromatic rings. The lowest BCUT2D eigenvalue weighted by molar-refractivity contribution is 0.144. The largest absolute Gasteiger partial charge is 0.327 e. The Balaban J connectivity index is 1.84. The van der Waals surface area contributed by atoms with Crippen LogP contribution in [-0.2, 0) is 6.42 Å². The average molecular weight is 236 g/mol. The molecular formula is C13H20N2S. The molecule has 1 fully saturated rings. The van der Waals surface area contributed by atoms with E-state index in [9.17, 15) is 0 Å². The van der Waals surface area contributed by atoms with Crippen LogP contribution >= 0.6 is 11.3 Å². The van der Waals surface area contributed by atoms with E-state index < -0.39 is 0 Å². The number of fused-ring (bicyclic) bond motifs is 1. The van der Waals surface area contributed by atoms with Gasteiger partial charge in [-0.05, 0) is 55.8 Å². The Morgan fingerprint density at radius 3 is 2.88 bits per heavy atom. The first-order valence-corrected chi connectivity index (χ1v) is 7.28. The minimum Gasteiger partial charge on any atom is -0.327 e. The molecule has 88 valence electrons. The number of nitrogens with zero attached hydrogens (tertiary/aromatic N) is 1. The second kappa shape index (κ2) is 4.47. The molecule has 3 heteroatoms. The number of piperidine rings is 1. The summed E-state index contributed by atoms with van der Waals surface area (Å²) in [4.78, 5) is 4.20. The van der Waals surface area contributed by atoms with E-state index in [1.54, 1.807) is 5.56 Å². The molecule has 2 atom stereocenters. The molecule has 3 rings (SSSR count). The van der Waals surface area contributed by atoms with Crippen LogP contribution in [0.25, 0.3) is 0 Å². The predicted octanol–water partition coefficient (Wildman–Crippen LogP) is 2.55. The van der Waals surface area contributed by atoms with Gasteiger partial charge in [0.1, 0.15) is 0 Å².